The molecule has 0 spiro atoms. The van der Waals surface area contributed by atoms with Crippen LogP contribution in [-0.4, -0.2) is 48.3 Å². The van der Waals surface area contributed by atoms with Crippen molar-refractivity contribution in [2.24, 2.45) is 0 Å². The molecule has 4 aromatic rings. The number of anilines is 2. The minimum absolute atomic E-state index is 0.379. The summed E-state index contributed by atoms with van der Waals surface area (Å²) in [6.45, 7) is 0. The number of carbonyl (C=O) groups excluding carboxylic acids is 2. The predicted molar refractivity (Wildman–Crippen MR) is 137 cm³/mol. The van der Waals surface area contributed by atoms with Crippen molar-refractivity contribution in [2.75, 3.05) is 32.0 Å². The molecule has 2 heterocycles. The van der Waals surface area contributed by atoms with E-state index in [0.717, 1.165) is 22.3 Å². The first-order valence-corrected chi connectivity index (χ1v) is 11.0. The largest absolute Gasteiger partial charge is 0.493 e. The van der Waals surface area contributed by atoms with Gasteiger partial charge in [0.05, 0.1) is 38.2 Å². The van der Waals surface area contributed by atoms with Crippen molar-refractivity contribution in [1.82, 2.24) is 15.2 Å². The molecule has 0 bridgehead atoms. The number of benzene rings is 2. The van der Waals surface area contributed by atoms with Crippen molar-refractivity contribution in [2.45, 2.75) is 6.42 Å². The first kappa shape index (κ1) is 24.3. The van der Waals surface area contributed by atoms with E-state index >= 15 is 0 Å². The van der Waals surface area contributed by atoms with Crippen LogP contribution in [0.5, 0.6) is 17.2 Å². The molecule has 10 nitrogen and oxygen atoms in total. The van der Waals surface area contributed by atoms with Crippen molar-refractivity contribution in [3.63, 3.8) is 0 Å². The monoisotopic (exact) mass is 487 g/mol. The van der Waals surface area contributed by atoms with E-state index in [1.165, 1.54) is 21.3 Å². The lowest BCUT2D eigenvalue weighted by Gasteiger charge is -2.14. The Bertz CT molecular complexity index is 1390. The molecule has 2 aromatic heterocycles. The highest BCUT2D eigenvalue weighted by molar-refractivity contribution is 6.08. The van der Waals surface area contributed by atoms with E-state index < -0.39 is 11.8 Å². The quantitative estimate of drug-likeness (QED) is 0.303. The molecule has 184 valence electrons. The molecule has 0 radical (unpaired) electrons. The number of hydrogen-bond donors (Lipinski definition) is 3. The highest BCUT2D eigenvalue weighted by Crippen LogP contribution is 2.39. The molecular weight excluding hydrogens is 462 g/mol. The first-order chi connectivity index (χ1) is 17.5. The minimum atomic E-state index is -0.494. The van der Waals surface area contributed by atoms with E-state index in [0.29, 0.717) is 28.6 Å². The lowest BCUT2D eigenvalue weighted by Crippen LogP contribution is -2.21. The van der Waals surface area contributed by atoms with Gasteiger partial charge in [-0.25, -0.2) is 0 Å². The summed E-state index contributed by atoms with van der Waals surface area (Å²) in [7, 11) is 4.45. The fourth-order valence-electron chi connectivity index (χ4n) is 3.59. The third kappa shape index (κ3) is 5.61. The number of carbonyl (C=O) groups is 2. The number of fused-ring (bicyclic) bond motifs is 1. The van der Waals surface area contributed by atoms with Gasteiger partial charge >= 0.3 is 0 Å². The first-order valence-electron chi connectivity index (χ1n) is 11.0. The number of rotatable bonds is 9. The molecule has 0 unspecified atom stereocenters. The number of amides is 2. The maximum atomic E-state index is 12.5. The van der Waals surface area contributed by atoms with E-state index in [1.54, 1.807) is 30.5 Å². The molecule has 0 saturated heterocycles. The van der Waals surface area contributed by atoms with E-state index in [-0.39, 0.29) is 6.42 Å². The SMILES string of the molecule is COc1cc(NC(=O)CC(=O)Nc2ccc3c(C=Cc4ccccn4)n[nH]c3c2)cc(OC)c1OC. The van der Waals surface area contributed by atoms with Crippen LogP contribution in [-0.2, 0) is 9.59 Å². The summed E-state index contributed by atoms with van der Waals surface area (Å²) in [6, 6.07) is 14.2. The Morgan fingerprint density at radius 3 is 2.25 bits per heavy atom. The Morgan fingerprint density at radius 1 is 0.889 bits per heavy atom. The number of methoxy groups -OCH3 is 3. The Balaban J connectivity index is 1.39. The number of aromatic nitrogens is 3. The van der Waals surface area contributed by atoms with Gasteiger partial charge < -0.3 is 24.8 Å². The Kier molecular flexibility index (Phi) is 7.45. The molecule has 0 aliphatic rings. The predicted octanol–water partition coefficient (Wildman–Crippen LogP) is 4.12. The summed E-state index contributed by atoms with van der Waals surface area (Å²) in [5.74, 6) is 0.221. The van der Waals surface area contributed by atoms with E-state index in [1.807, 2.05) is 36.4 Å². The third-order valence-electron chi connectivity index (χ3n) is 5.25. The summed E-state index contributed by atoms with van der Waals surface area (Å²) < 4.78 is 15.8. The standard InChI is InChI=1S/C26H25N5O5/c1-34-22-13-18(14-23(35-2)26(22)36-3)29-25(33)15-24(32)28-17-7-9-19-20(30-31-21(19)12-17)10-8-16-6-4-5-11-27-16/h4-14H,15H2,1-3H3,(H,28,32)(H,29,33)(H,30,31). The topological polar surface area (TPSA) is 127 Å². The summed E-state index contributed by atoms with van der Waals surface area (Å²) >= 11 is 0. The van der Waals surface area contributed by atoms with Crippen LogP contribution in [0.1, 0.15) is 17.8 Å². The maximum Gasteiger partial charge on any atom is 0.233 e. The van der Waals surface area contributed by atoms with Gasteiger partial charge in [-0.15, -0.1) is 0 Å². The smallest absolute Gasteiger partial charge is 0.233 e. The van der Waals surface area contributed by atoms with Gasteiger partial charge in [0.2, 0.25) is 17.6 Å². The van der Waals surface area contributed by atoms with E-state index in [4.69, 9.17) is 14.2 Å². The third-order valence-corrected chi connectivity index (χ3v) is 5.25. The van der Waals surface area contributed by atoms with Gasteiger partial charge in [0.25, 0.3) is 0 Å². The van der Waals surface area contributed by atoms with Crippen LogP contribution in [0.15, 0.2) is 54.7 Å². The maximum absolute atomic E-state index is 12.5. The number of nitrogens with zero attached hydrogens (tertiary/aromatic N) is 2. The highest BCUT2D eigenvalue weighted by atomic mass is 16.5. The summed E-state index contributed by atoms with van der Waals surface area (Å²) in [5.41, 5.74) is 3.26. The molecule has 0 atom stereocenters. The van der Waals surface area contributed by atoms with E-state index in [9.17, 15) is 9.59 Å². The van der Waals surface area contributed by atoms with Gasteiger partial charge in [-0.2, -0.15) is 5.10 Å². The Morgan fingerprint density at radius 2 is 1.61 bits per heavy atom. The normalized spacial score (nSPS) is 10.9. The van der Waals surface area contributed by atoms with Crippen LogP contribution in [0.4, 0.5) is 11.4 Å². The summed E-state index contributed by atoms with van der Waals surface area (Å²) in [5, 5.41) is 13.6. The molecule has 0 fully saturated rings. The van der Waals surface area contributed by atoms with Crippen molar-refractivity contribution in [1.29, 1.82) is 0 Å². The second kappa shape index (κ2) is 11.0. The molecule has 2 amide bonds. The van der Waals surface area contributed by atoms with Crippen molar-refractivity contribution in [3.05, 3.63) is 66.1 Å². The molecule has 4 rings (SSSR count). The molecule has 0 aliphatic heterocycles. The number of pyridine rings is 1. The van der Waals surface area contributed by atoms with Gasteiger partial charge in [-0.05, 0) is 42.5 Å². The average molecular weight is 488 g/mol. The van der Waals surface area contributed by atoms with Gasteiger partial charge in [0.15, 0.2) is 11.5 Å². The molecule has 0 aliphatic carbocycles. The number of hydrogen-bond acceptors (Lipinski definition) is 7. The zero-order valence-electron chi connectivity index (χ0n) is 20.0. The van der Waals surface area contributed by atoms with Gasteiger partial charge in [-0.3, -0.25) is 19.7 Å². The molecule has 3 N–H and O–H groups in total. The minimum Gasteiger partial charge on any atom is -0.493 e. The lowest BCUT2D eigenvalue weighted by molar-refractivity contribution is -0.123. The number of ether oxygens (including phenoxy) is 3. The van der Waals surface area contributed by atoms with Gasteiger partial charge in [-0.1, -0.05) is 6.07 Å². The average Bonchev–Trinajstić information content (AvgIpc) is 3.29. The molecule has 2 aromatic carbocycles. The summed E-state index contributed by atoms with van der Waals surface area (Å²) in [4.78, 5) is 29.2. The second-order valence-corrected chi connectivity index (χ2v) is 7.64. The molecule has 36 heavy (non-hydrogen) atoms. The zero-order chi connectivity index (χ0) is 25.5. The molecule has 0 saturated carbocycles. The lowest BCUT2D eigenvalue weighted by atomic mass is 10.1. The Hall–Kier alpha value is -4.86. The zero-order valence-corrected chi connectivity index (χ0v) is 20.0. The van der Waals surface area contributed by atoms with Gasteiger partial charge in [0.1, 0.15) is 6.42 Å². The van der Waals surface area contributed by atoms with Crippen LogP contribution >= 0.6 is 0 Å². The van der Waals surface area contributed by atoms with Gasteiger partial charge in [0, 0.05) is 35.1 Å². The molecule has 10 heteroatoms. The van der Waals surface area contributed by atoms with Crippen LogP contribution in [0.3, 0.4) is 0 Å². The van der Waals surface area contributed by atoms with Crippen molar-refractivity contribution < 1.29 is 23.8 Å². The fourth-order valence-corrected chi connectivity index (χ4v) is 3.59. The fraction of sp³-hybridized carbons (Fsp3) is 0.154. The van der Waals surface area contributed by atoms with Crippen LogP contribution in [0.2, 0.25) is 0 Å². The van der Waals surface area contributed by atoms with Crippen LogP contribution < -0.4 is 24.8 Å². The van der Waals surface area contributed by atoms with Crippen LogP contribution in [0.25, 0.3) is 23.1 Å². The number of aromatic amines is 1. The second-order valence-electron chi connectivity index (χ2n) is 7.64. The summed E-state index contributed by atoms with van der Waals surface area (Å²) in [6.07, 6.45) is 5.09. The molecular formula is C26H25N5O5. The Labute approximate surface area is 207 Å². The van der Waals surface area contributed by atoms with Crippen molar-refractivity contribution in [3.8, 4) is 17.2 Å². The van der Waals surface area contributed by atoms with E-state index in [2.05, 4.69) is 25.8 Å². The van der Waals surface area contributed by atoms with Crippen LogP contribution in [0, 0.1) is 0 Å². The highest BCUT2D eigenvalue weighted by Gasteiger charge is 2.16. The number of nitrogens with one attached hydrogen (secondary N) is 3. The van der Waals surface area contributed by atoms with Crippen molar-refractivity contribution >= 4 is 46.2 Å². The number of H-pyrrole nitrogens is 1.